The molecule has 0 spiro atoms. The van der Waals surface area contributed by atoms with Gasteiger partial charge in [-0.1, -0.05) is 0 Å². The van der Waals surface area contributed by atoms with Gasteiger partial charge in [0, 0.05) is 12.8 Å². The molecule has 6 heteroatoms. The highest BCUT2D eigenvalue weighted by molar-refractivity contribution is 5.95. The van der Waals surface area contributed by atoms with Crippen molar-refractivity contribution in [2.75, 3.05) is 32.1 Å². The molecule has 0 aromatic heterocycles. The number of hydrogen-bond donors (Lipinski definition) is 2. The van der Waals surface area contributed by atoms with Crippen LogP contribution in [0.4, 0.5) is 10.1 Å². The number of nitriles is 1. The monoisotopic (exact) mass is 291 g/mol. The number of carbonyl (C=O) groups excluding carboxylic acids is 1. The lowest BCUT2D eigenvalue weighted by molar-refractivity contribution is -0.130. The average Bonchev–Trinajstić information content (AvgIpc) is 2.50. The fourth-order valence-corrected chi connectivity index (χ4v) is 2.57. The molecule has 0 aliphatic carbocycles. The predicted octanol–water partition coefficient (Wildman–Crippen LogP) is 1.65. The molecule has 1 aliphatic rings. The number of ether oxygens (including phenoxy) is 1. The third-order valence-electron chi connectivity index (χ3n) is 3.81. The first-order valence-electron chi connectivity index (χ1n) is 6.82. The lowest BCUT2D eigenvalue weighted by Gasteiger charge is -2.35. The van der Waals surface area contributed by atoms with Crippen LogP contribution in [0.5, 0.6) is 0 Å². The minimum atomic E-state index is -0.594. The van der Waals surface area contributed by atoms with Crippen molar-refractivity contribution in [1.29, 1.82) is 5.26 Å². The maximum Gasteiger partial charge on any atom is 0.233 e. The minimum Gasteiger partial charge on any atom is -0.384 e. The molecule has 1 saturated heterocycles. The molecule has 21 heavy (non-hydrogen) atoms. The Balaban J connectivity index is 2.17. The van der Waals surface area contributed by atoms with Gasteiger partial charge in [-0.2, -0.15) is 5.26 Å². The predicted molar refractivity (Wildman–Crippen MR) is 76.2 cm³/mol. The molecule has 1 aromatic rings. The van der Waals surface area contributed by atoms with Crippen molar-refractivity contribution in [3.05, 3.63) is 29.6 Å². The van der Waals surface area contributed by atoms with E-state index in [1.165, 1.54) is 18.2 Å². The molecule has 2 N–H and O–H groups in total. The normalized spacial score (nSPS) is 17.0. The molecule has 1 amide bonds. The van der Waals surface area contributed by atoms with Crippen LogP contribution in [0, 0.1) is 22.6 Å². The van der Waals surface area contributed by atoms with E-state index in [9.17, 15) is 9.18 Å². The summed E-state index contributed by atoms with van der Waals surface area (Å²) in [7, 11) is 1.57. The number of amides is 1. The number of nitrogens with zero attached hydrogens (tertiary/aromatic N) is 1. The standard InChI is InChI=1S/C15H18FN3O2/c1-21-10-15(4-6-18-7-5-15)14(20)19-12-2-3-13(16)11(8-12)9-17/h2-3,8,18H,4-7,10H2,1H3,(H,19,20). The largest absolute Gasteiger partial charge is 0.384 e. The number of benzene rings is 1. The lowest BCUT2D eigenvalue weighted by atomic mass is 9.78. The van der Waals surface area contributed by atoms with Gasteiger partial charge in [0.1, 0.15) is 11.9 Å². The van der Waals surface area contributed by atoms with Crippen LogP contribution >= 0.6 is 0 Å². The Labute approximate surface area is 123 Å². The van der Waals surface area contributed by atoms with Crippen LogP contribution in [0.15, 0.2) is 18.2 Å². The quantitative estimate of drug-likeness (QED) is 0.884. The molecule has 0 unspecified atom stereocenters. The number of methoxy groups -OCH3 is 1. The molecule has 0 saturated carbocycles. The summed E-state index contributed by atoms with van der Waals surface area (Å²) >= 11 is 0. The van der Waals surface area contributed by atoms with E-state index in [1.54, 1.807) is 13.2 Å². The topological polar surface area (TPSA) is 74.1 Å². The van der Waals surface area contributed by atoms with E-state index in [-0.39, 0.29) is 11.5 Å². The minimum absolute atomic E-state index is 0.0843. The van der Waals surface area contributed by atoms with E-state index < -0.39 is 11.2 Å². The van der Waals surface area contributed by atoms with Crippen LogP contribution in [-0.2, 0) is 9.53 Å². The van der Waals surface area contributed by atoms with E-state index in [0.717, 1.165) is 13.1 Å². The molecular formula is C15H18FN3O2. The summed E-state index contributed by atoms with van der Waals surface area (Å²) in [5.41, 5.74) is -0.243. The highest BCUT2D eigenvalue weighted by Gasteiger charge is 2.39. The number of anilines is 1. The van der Waals surface area contributed by atoms with Crippen LogP contribution in [0.2, 0.25) is 0 Å². The Hall–Kier alpha value is -1.97. The zero-order valence-electron chi connectivity index (χ0n) is 11.9. The summed E-state index contributed by atoms with van der Waals surface area (Å²) in [6.45, 7) is 1.85. The Morgan fingerprint density at radius 2 is 2.24 bits per heavy atom. The molecule has 5 nitrogen and oxygen atoms in total. The van der Waals surface area contributed by atoms with Crippen molar-refractivity contribution < 1.29 is 13.9 Å². The van der Waals surface area contributed by atoms with Gasteiger partial charge in [0.2, 0.25) is 5.91 Å². The van der Waals surface area contributed by atoms with Gasteiger partial charge in [-0.15, -0.1) is 0 Å². The van der Waals surface area contributed by atoms with Crippen molar-refractivity contribution in [3.63, 3.8) is 0 Å². The number of rotatable bonds is 4. The zero-order chi connectivity index (χ0) is 15.3. The van der Waals surface area contributed by atoms with E-state index in [0.29, 0.717) is 25.1 Å². The van der Waals surface area contributed by atoms with Gasteiger partial charge in [-0.05, 0) is 44.1 Å². The Kier molecular flexibility index (Phi) is 4.89. The Bertz CT molecular complexity index is 557. The SMILES string of the molecule is COCC1(C(=O)Nc2ccc(F)c(C#N)c2)CCNCC1. The van der Waals surface area contributed by atoms with Crippen molar-refractivity contribution in [2.45, 2.75) is 12.8 Å². The first-order chi connectivity index (χ1) is 10.1. The Morgan fingerprint density at radius 3 is 2.86 bits per heavy atom. The number of nitrogens with one attached hydrogen (secondary N) is 2. The molecule has 1 heterocycles. The van der Waals surface area contributed by atoms with Gasteiger partial charge in [-0.25, -0.2) is 4.39 Å². The highest BCUT2D eigenvalue weighted by atomic mass is 19.1. The fraction of sp³-hybridized carbons (Fsp3) is 0.467. The molecule has 1 aliphatic heterocycles. The van der Waals surface area contributed by atoms with Gasteiger partial charge in [0.15, 0.2) is 0 Å². The summed E-state index contributed by atoms with van der Waals surface area (Å²) in [6, 6.07) is 5.74. The van der Waals surface area contributed by atoms with E-state index in [4.69, 9.17) is 10.00 Å². The molecular weight excluding hydrogens is 273 g/mol. The summed E-state index contributed by atoms with van der Waals surface area (Å²) in [5, 5.41) is 14.8. The van der Waals surface area contributed by atoms with Crippen LogP contribution in [0.1, 0.15) is 18.4 Å². The molecule has 112 valence electrons. The fourth-order valence-electron chi connectivity index (χ4n) is 2.57. The smallest absolute Gasteiger partial charge is 0.233 e. The van der Waals surface area contributed by atoms with Gasteiger partial charge in [0.05, 0.1) is 17.6 Å². The molecule has 1 fully saturated rings. The number of hydrogen-bond acceptors (Lipinski definition) is 4. The molecule has 0 radical (unpaired) electrons. The second kappa shape index (κ2) is 6.66. The number of piperidine rings is 1. The van der Waals surface area contributed by atoms with E-state index in [1.807, 2.05) is 0 Å². The maximum absolute atomic E-state index is 13.3. The van der Waals surface area contributed by atoms with Crippen LogP contribution in [-0.4, -0.2) is 32.7 Å². The third-order valence-corrected chi connectivity index (χ3v) is 3.81. The summed E-state index contributed by atoms with van der Waals surface area (Å²) in [5.74, 6) is -0.745. The van der Waals surface area contributed by atoms with Crippen LogP contribution in [0.25, 0.3) is 0 Å². The number of halogens is 1. The van der Waals surface area contributed by atoms with Crippen molar-refractivity contribution >= 4 is 11.6 Å². The van der Waals surface area contributed by atoms with Gasteiger partial charge in [-0.3, -0.25) is 4.79 Å². The highest BCUT2D eigenvalue weighted by Crippen LogP contribution is 2.31. The molecule has 0 atom stereocenters. The van der Waals surface area contributed by atoms with Crippen molar-refractivity contribution in [2.24, 2.45) is 5.41 Å². The van der Waals surface area contributed by atoms with Crippen molar-refractivity contribution in [3.8, 4) is 6.07 Å². The average molecular weight is 291 g/mol. The van der Waals surface area contributed by atoms with Crippen LogP contribution < -0.4 is 10.6 Å². The van der Waals surface area contributed by atoms with E-state index in [2.05, 4.69) is 10.6 Å². The maximum atomic E-state index is 13.3. The summed E-state index contributed by atoms with van der Waals surface area (Å²) < 4.78 is 18.5. The summed E-state index contributed by atoms with van der Waals surface area (Å²) in [6.07, 6.45) is 1.36. The second-order valence-corrected chi connectivity index (χ2v) is 5.22. The first kappa shape index (κ1) is 15.4. The molecule has 0 bridgehead atoms. The number of carbonyl (C=O) groups is 1. The van der Waals surface area contributed by atoms with Gasteiger partial charge >= 0.3 is 0 Å². The lowest BCUT2D eigenvalue weighted by Crippen LogP contribution is -2.47. The zero-order valence-corrected chi connectivity index (χ0v) is 11.9. The summed E-state index contributed by atoms with van der Waals surface area (Å²) in [4.78, 5) is 12.6. The van der Waals surface area contributed by atoms with Crippen molar-refractivity contribution in [1.82, 2.24) is 5.32 Å². The van der Waals surface area contributed by atoms with Gasteiger partial charge < -0.3 is 15.4 Å². The van der Waals surface area contributed by atoms with Gasteiger partial charge in [0.25, 0.3) is 0 Å². The van der Waals surface area contributed by atoms with Crippen LogP contribution in [0.3, 0.4) is 0 Å². The molecule has 1 aromatic carbocycles. The Morgan fingerprint density at radius 1 is 1.52 bits per heavy atom. The molecule has 2 rings (SSSR count). The first-order valence-corrected chi connectivity index (χ1v) is 6.82. The van der Waals surface area contributed by atoms with E-state index >= 15 is 0 Å². The second-order valence-electron chi connectivity index (χ2n) is 5.22. The third kappa shape index (κ3) is 3.38.